The van der Waals surface area contributed by atoms with Gasteiger partial charge in [-0.15, -0.1) is 0 Å². The van der Waals surface area contributed by atoms with Gasteiger partial charge in [0.15, 0.2) is 0 Å². The van der Waals surface area contributed by atoms with Crippen molar-refractivity contribution in [3.63, 3.8) is 0 Å². The first-order valence-corrected chi connectivity index (χ1v) is 4.98. The monoisotopic (exact) mass is 213 g/mol. The maximum Gasteiger partial charge on any atom is 0.354 e. The van der Waals surface area contributed by atoms with E-state index in [0.717, 1.165) is 12.0 Å². The number of pyridine rings is 1. The van der Waals surface area contributed by atoms with Crippen LogP contribution in [0.1, 0.15) is 21.6 Å². The van der Waals surface area contributed by atoms with Crippen LogP contribution in [-0.4, -0.2) is 16.1 Å². The van der Waals surface area contributed by atoms with Crippen LogP contribution in [0.2, 0.25) is 0 Å². The van der Waals surface area contributed by atoms with Crippen molar-refractivity contribution in [3.8, 4) is 0 Å². The van der Waals surface area contributed by atoms with E-state index in [-0.39, 0.29) is 5.69 Å². The molecule has 0 radical (unpaired) electrons. The lowest BCUT2D eigenvalue weighted by atomic mass is 10.1. The van der Waals surface area contributed by atoms with Gasteiger partial charge in [0.05, 0.1) is 0 Å². The molecule has 0 aliphatic carbocycles. The number of hydrogen-bond acceptors (Lipinski definition) is 2. The zero-order valence-corrected chi connectivity index (χ0v) is 8.63. The van der Waals surface area contributed by atoms with Gasteiger partial charge in [0.2, 0.25) is 0 Å². The van der Waals surface area contributed by atoms with Gasteiger partial charge in [-0.25, -0.2) is 9.78 Å². The van der Waals surface area contributed by atoms with Crippen LogP contribution in [0.3, 0.4) is 0 Å². The molecule has 2 aromatic rings. The second kappa shape index (κ2) is 4.57. The minimum Gasteiger partial charge on any atom is -0.477 e. The Balaban J connectivity index is 2.14. The number of carboxylic acid groups (broad SMARTS) is 1. The highest BCUT2D eigenvalue weighted by Crippen LogP contribution is 2.08. The Morgan fingerprint density at radius 3 is 2.38 bits per heavy atom. The molecule has 0 saturated carbocycles. The molecule has 1 aromatic carbocycles. The summed E-state index contributed by atoms with van der Waals surface area (Å²) in [5.74, 6) is -0.994. The van der Waals surface area contributed by atoms with Crippen LogP contribution in [0.15, 0.2) is 48.7 Å². The Morgan fingerprint density at radius 2 is 1.81 bits per heavy atom. The van der Waals surface area contributed by atoms with E-state index in [1.165, 1.54) is 11.6 Å². The fourth-order valence-electron chi connectivity index (χ4n) is 1.49. The van der Waals surface area contributed by atoms with Crippen molar-refractivity contribution in [2.45, 2.75) is 6.42 Å². The van der Waals surface area contributed by atoms with Crippen molar-refractivity contribution < 1.29 is 9.90 Å². The van der Waals surface area contributed by atoms with Crippen LogP contribution in [-0.2, 0) is 6.42 Å². The molecule has 2 rings (SSSR count). The summed E-state index contributed by atoms with van der Waals surface area (Å²) in [6.45, 7) is 0. The van der Waals surface area contributed by atoms with E-state index in [4.69, 9.17) is 5.11 Å². The van der Waals surface area contributed by atoms with Gasteiger partial charge in [0.25, 0.3) is 0 Å². The number of aromatic nitrogens is 1. The van der Waals surface area contributed by atoms with Crippen molar-refractivity contribution >= 4 is 5.97 Å². The van der Waals surface area contributed by atoms with Crippen molar-refractivity contribution in [3.05, 3.63) is 65.5 Å². The zero-order chi connectivity index (χ0) is 11.4. The number of aromatic carboxylic acids is 1. The van der Waals surface area contributed by atoms with Crippen LogP contribution in [0.5, 0.6) is 0 Å². The quantitative estimate of drug-likeness (QED) is 0.851. The Labute approximate surface area is 93.4 Å². The van der Waals surface area contributed by atoms with Gasteiger partial charge in [0.1, 0.15) is 5.69 Å². The molecule has 16 heavy (non-hydrogen) atoms. The van der Waals surface area contributed by atoms with E-state index in [2.05, 4.69) is 4.98 Å². The molecule has 3 heteroatoms. The molecule has 0 aliphatic rings. The topological polar surface area (TPSA) is 50.2 Å². The van der Waals surface area contributed by atoms with E-state index < -0.39 is 5.97 Å². The molecule has 3 nitrogen and oxygen atoms in total. The lowest BCUT2D eigenvalue weighted by molar-refractivity contribution is 0.0690. The number of hydrogen-bond donors (Lipinski definition) is 1. The van der Waals surface area contributed by atoms with Gasteiger partial charge in [-0.3, -0.25) is 0 Å². The molecule has 0 amide bonds. The minimum absolute atomic E-state index is 0.0804. The summed E-state index contributed by atoms with van der Waals surface area (Å²) < 4.78 is 0. The first-order valence-electron chi connectivity index (χ1n) is 4.98. The molecule has 0 aliphatic heterocycles. The van der Waals surface area contributed by atoms with E-state index >= 15 is 0 Å². The molecule has 0 bridgehead atoms. The van der Waals surface area contributed by atoms with Crippen LogP contribution < -0.4 is 0 Å². The summed E-state index contributed by atoms with van der Waals surface area (Å²) in [5.41, 5.74) is 2.28. The summed E-state index contributed by atoms with van der Waals surface area (Å²) in [5, 5.41) is 8.70. The second-order valence-corrected chi connectivity index (χ2v) is 3.52. The summed E-state index contributed by atoms with van der Waals surface area (Å²) >= 11 is 0. The number of rotatable bonds is 3. The molecule has 0 spiro atoms. The van der Waals surface area contributed by atoms with Crippen molar-refractivity contribution in [1.82, 2.24) is 4.98 Å². The van der Waals surface area contributed by atoms with E-state index in [0.29, 0.717) is 0 Å². The molecule has 0 unspecified atom stereocenters. The SMILES string of the molecule is O=C(O)c1ccc(Cc2ccccc2)cn1. The summed E-state index contributed by atoms with van der Waals surface area (Å²) in [7, 11) is 0. The highest BCUT2D eigenvalue weighted by molar-refractivity contribution is 5.85. The highest BCUT2D eigenvalue weighted by Gasteiger charge is 2.03. The van der Waals surface area contributed by atoms with E-state index in [1.54, 1.807) is 12.3 Å². The van der Waals surface area contributed by atoms with Crippen molar-refractivity contribution in [2.24, 2.45) is 0 Å². The maximum atomic E-state index is 10.6. The van der Waals surface area contributed by atoms with Gasteiger partial charge in [-0.1, -0.05) is 36.4 Å². The third kappa shape index (κ3) is 2.45. The Bertz CT molecular complexity index is 477. The molecular formula is C13H11NO2. The smallest absolute Gasteiger partial charge is 0.354 e. The highest BCUT2D eigenvalue weighted by atomic mass is 16.4. The number of benzene rings is 1. The van der Waals surface area contributed by atoms with Crippen LogP contribution >= 0.6 is 0 Å². The Hall–Kier alpha value is -2.16. The lowest BCUT2D eigenvalue weighted by Gasteiger charge is -2.01. The van der Waals surface area contributed by atoms with Crippen LogP contribution in [0.4, 0.5) is 0 Å². The van der Waals surface area contributed by atoms with Gasteiger partial charge >= 0.3 is 5.97 Å². The Morgan fingerprint density at radius 1 is 1.06 bits per heavy atom. The van der Waals surface area contributed by atoms with Gasteiger partial charge in [0, 0.05) is 6.20 Å². The summed E-state index contributed by atoms with van der Waals surface area (Å²) in [6, 6.07) is 13.3. The molecule has 80 valence electrons. The fraction of sp³-hybridized carbons (Fsp3) is 0.0769. The van der Waals surface area contributed by atoms with Gasteiger partial charge in [-0.2, -0.15) is 0 Å². The second-order valence-electron chi connectivity index (χ2n) is 3.52. The average Bonchev–Trinajstić information content (AvgIpc) is 2.31. The summed E-state index contributed by atoms with van der Waals surface area (Å²) in [6.07, 6.45) is 2.38. The first kappa shape index (κ1) is 10.4. The number of carboxylic acids is 1. The third-order valence-corrected chi connectivity index (χ3v) is 2.29. The lowest BCUT2D eigenvalue weighted by Crippen LogP contribution is -2.00. The molecule has 1 aromatic heterocycles. The predicted molar refractivity (Wildman–Crippen MR) is 60.4 cm³/mol. The van der Waals surface area contributed by atoms with Gasteiger partial charge < -0.3 is 5.11 Å². The number of carbonyl (C=O) groups is 1. The van der Waals surface area contributed by atoms with Crippen molar-refractivity contribution in [1.29, 1.82) is 0 Å². The number of nitrogens with zero attached hydrogens (tertiary/aromatic N) is 1. The van der Waals surface area contributed by atoms with Gasteiger partial charge in [-0.05, 0) is 23.6 Å². The predicted octanol–water partition coefficient (Wildman–Crippen LogP) is 2.37. The average molecular weight is 213 g/mol. The molecule has 0 fully saturated rings. The van der Waals surface area contributed by atoms with E-state index in [9.17, 15) is 4.79 Å². The minimum atomic E-state index is -0.994. The standard InChI is InChI=1S/C13H11NO2/c15-13(16)12-7-6-11(9-14-12)8-10-4-2-1-3-5-10/h1-7,9H,8H2,(H,15,16). The molecular weight excluding hydrogens is 202 g/mol. The molecule has 1 heterocycles. The molecule has 1 N–H and O–H groups in total. The largest absolute Gasteiger partial charge is 0.477 e. The van der Waals surface area contributed by atoms with Crippen molar-refractivity contribution in [2.75, 3.05) is 0 Å². The molecule has 0 atom stereocenters. The first-order chi connectivity index (χ1) is 7.75. The summed E-state index contributed by atoms with van der Waals surface area (Å²) in [4.78, 5) is 14.5. The maximum absolute atomic E-state index is 10.6. The third-order valence-electron chi connectivity index (χ3n) is 2.29. The van der Waals surface area contributed by atoms with Crippen LogP contribution in [0.25, 0.3) is 0 Å². The zero-order valence-electron chi connectivity index (χ0n) is 8.63. The van der Waals surface area contributed by atoms with E-state index in [1.807, 2.05) is 30.3 Å². The van der Waals surface area contributed by atoms with Crippen LogP contribution in [0, 0.1) is 0 Å². The normalized spacial score (nSPS) is 10.0. The fourth-order valence-corrected chi connectivity index (χ4v) is 1.49. The Kier molecular flexibility index (Phi) is 2.96. The molecule has 0 saturated heterocycles.